The minimum Gasteiger partial charge on any atom is -0.0542 e. The molecule has 0 N–H and O–H groups in total. The van der Waals surface area contributed by atoms with Crippen molar-refractivity contribution in [3.63, 3.8) is 0 Å². The fourth-order valence-electron chi connectivity index (χ4n) is 2.54. The molecule has 0 aromatic heterocycles. The largest absolute Gasteiger partial charge is 0.0542 e. The van der Waals surface area contributed by atoms with Crippen molar-refractivity contribution in [1.82, 2.24) is 0 Å². The molecule has 22 heavy (non-hydrogen) atoms. The van der Waals surface area contributed by atoms with Crippen LogP contribution in [-0.4, -0.2) is 0 Å². The van der Waals surface area contributed by atoms with Gasteiger partial charge in [-0.05, 0) is 125 Å². The van der Waals surface area contributed by atoms with Crippen LogP contribution in [0.15, 0.2) is 30.0 Å². The van der Waals surface area contributed by atoms with E-state index in [9.17, 15) is 0 Å². The van der Waals surface area contributed by atoms with Gasteiger partial charge >= 0.3 is 0 Å². The maximum atomic E-state index is 3.77. The van der Waals surface area contributed by atoms with Crippen molar-refractivity contribution in [2.45, 2.75) is 40.5 Å². The normalized spacial score (nSPS) is 11.4. The van der Waals surface area contributed by atoms with Crippen molar-refractivity contribution in [2.75, 3.05) is 0 Å². The van der Waals surface area contributed by atoms with Crippen LogP contribution in [-0.2, 0) is 0 Å². The van der Waals surface area contributed by atoms with Gasteiger partial charge in [0.1, 0.15) is 0 Å². The Labute approximate surface area is 166 Å². The Kier molecular flexibility index (Phi) is 6.02. The maximum Gasteiger partial charge on any atom is 0.0358 e. The third-order valence-corrected chi connectivity index (χ3v) is 9.17. The molecule has 0 aliphatic rings. The van der Waals surface area contributed by atoms with Crippen LogP contribution in [0.1, 0.15) is 46.2 Å². The Bertz CT molecular complexity index is 684. The number of halogens is 4. The Morgan fingerprint density at radius 1 is 0.636 bits per heavy atom. The number of rotatable bonds is 2. The first-order valence-corrected chi connectivity index (χ1v) is 10.2. The predicted molar refractivity (Wildman–Crippen MR) is 110 cm³/mol. The third-order valence-electron chi connectivity index (χ3n) is 4.41. The SMILES string of the molecule is Cc1cc(C(C)c2cc(C)c(C)c(Br)c2Br)c(Br)c(Br)c1C. The predicted octanol–water partition coefficient (Wildman–Crippen LogP) is 8.12. The molecule has 2 aromatic carbocycles. The van der Waals surface area contributed by atoms with E-state index in [0.29, 0.717) is 0 Å². The molecule has 4 heteroatoms. The molecule has 0 bridgehead atoms. The monoisotopic (exact) mass is 550 g/mol. The Balaban J connectivity index is 2.66. The Hall–Kier alpha value is 0.360. The van der Waals surface area contributed by atoms with E-state index < -0.39 is 0 Å². The van der Waals surface area contributed by atoms with Crippen LogP contribution in [0.5, 0.6) is 0 Å². The van der Waals surface area contributed by atoms with Crippen molar-refractivity contribution < 1.29 is 0 Å². The summed E-state index contributed by atoms with van der Waals surface area (Å²) in [5.41, 5.74) is 7.76. The van der Waals surface area contributed by atoms with Crippen LogP contribution in [0.25, 0.3) is 0 Å². The summed E-state index contributed by atoms with van der Waals surface area (Å²) in [4.78, 5) is 0. The molecule has 0 saturated carbocycles. The first kappa shape index (κ1) is 18.7. The van der Waals surface area contributed by atoms with Crippen LogP contribution in [0.2, 0.25) is 0 Å². The van der Waals surface area contributed by atoms with Crippen LogP contribution >= 0.6 is 63.7 Å². The quantitative estimate of drug-likeness (QED) is 0.352. The lowest BCUT2D eigenvalue weighted by Gasteiger charge is -2.21. The molecule has 0 unspecified atom stereocenters. The molecule has 0 nitrogen and oxygen atoms in total. The maximum absolute atomic E-state index is 3.77. The fraction of sp³-hybridized carbons (Fsp3) is 0.333. The highest BCUT2D eigenvalue weighted by molar-refractivity contribution is 9.13. The zero-order chi connectivity index (χ0) is 16.8. The Morgan fingerprint density at radius 3 is 1.27 bits per heavy atom. The summed E-state index contributed by atoms with van der Waals surface area (Å²) in [6, 6.07) is 4.56. The van der Waals surface area contributed by atoms with Crippen LogP contribution in [0.3, 0.4) is 0 Å². The van der Waals surface area contributed by atoms with Crippen molar-refractivity contribution in [2.24, 2.45) is 0 Å². The molecular formula is C18H18Br4. The van der Waals surface area contributed by atoms with Gasteiger partial charge in [-0.3, -0.25) is 0 Å². The number of hydrogen-bond acceptors (Lipinski definition) is 0. The molecule has 0 aliphatic carbocycles. The second-order valence-corrected chi connectivity index (χ2v) is 8.96. The summed E-state index contributed by atoms with van der Waals surface area (Å²) < 4.78 is 4.58. The highest BCUT2D eigenvalue weighted by Crippen LogP contribution is 2.42. The molecule has 0 spiro atoms. The highest BCUT2D eigenvalue weighted by Gasteiger charge is 2.20. The van der Waals surface area contributed by atoms with Gasteiger partial charge < -0.3 is 0 Å². The van der Waals surface area contributed by atoms with Crippen molar-refractivity contribution in [1.29, 1.82) is 0 Å². The lowest BCUT2D eigenvalue weighted by atomic mass is 9.89. The van der Waals surface area contributed by atoms with E-state index >= 15 is 0 Å². The number of hydrogen-bond donors (Lipinski definition) is 0. The molecule has 0 amide bonds. The lowest BCUT2D eigenvalue weighted by molar-refractivity contribution is 0.897. The van der Waals surface area contributed by atoms with Crippen LogP contribution < -0.4 is 0 Å². The first-order valence-electron chi connectivity index (χ1n) is 7.07. The minimum atomic E-state index is 0.287. The summed E-state index contributed by atoms with van der Waals surface area (Å²) in [7, 11) is 0. The molecule has 0 saturated heterocycles. The molecule has 2 aromatic rings. The second-order valence-electron chi connectivity index (χ2n) is 5.79. The van der Waals surface area contributed by atoms with E-state index in [1.807, 2.05) is 0 Å². The van der Waals surface area contributed by atoms with Crippen LogP contribution in [0.4, 0.5) is 0 Å². The van der Waals surface area contributed by atoms with Crippen LogP contribution in [0, 0.1) is 27.7 Å². The van der Waals surface area contributed by atoms with E-state index in [-0.39, 0.29) is 5.92 Å². The van der Waals surface area contributed by atoms with Gasteiger partial charge in [0.2, 0.25) is 0 Å². The van der Waals surface area contributed by atoms with Crippen molar-refractivity contribution in [3.05, 3.63) is 63.4 Å². The molecule has 0 fully saturated rings. The van der Waals surface area contributed by atoms with E-state index in [0.717, 1.165) is 17.9 Å². The zero-order valence-corrected chi connectivity index (χ0v) is 19.6. The Morgan fingerprint density at radius 2 is 0.955 bits per heavy atom. The average Bonchev–Trinajstić information content (AvgIpc) is 2.49. The van der Waals surface area contributed by atoms with Gasteiger partial charge in [0.15, 0.2) is 0 Å². The lowest BCUT2D eigenvalue weighted by Crippen LogP contribution is -2.03. The zero-order valence-electron chi connectivity index (χ0n) is 13.2. The molecule has 0 radical (unpaired) electrons. The second kappa shape index (κ2) is 7.08. The first-order chi connectivity index (χ1) is 10.2. The summed E-state index contributed by atoms with van der Waals surface area (Å²) in [5, 5.41) is 0. The molecule has 118 valence electrons. The van der Waals surface area contributed by atoms with Gasteiger partial charge in [-0.1, -0.05) is 19.1 Å². The number of aryl methyl sites for hydroxylation is 2. The van der Waals surface area contributed by atoms with Crippen molar-refractivity contribution in [3.8, 4) is 0 Å². The van der Waals surface area contributed by atoms with Gasteiger partial charge in [0.25, 0.3) is 0 Å². The van der Waals surface area contributed by atoms with E-state index in [2.05, 4.69) is 110 Å². The summed E-state index contributed by atoms with van der Waals surface area (Å²) in [5.74, 6) is 0.287. The fourth-order valence-corrected chi connectivity index (χ4v) is 5.13. The van der Waals surface area contributed by atoms with E-state index in [4.69, 9.17) is 0 Å². The topological polar surface area (TPSA) is 0 Å². The van der Waals surface area contributed by atoms with E-state index in [1.54, 1.807) is 0 Å². The third kappa shape index (κ3) is 3.26. The summed E-state index contributed by atoms with van der Waals surface area (Å²) >= 11 is 15.0. The summed E-state index contributed by atoms with van der Waals surface area (Å²) in [6.45, 7) is 10.9. The molecule has 0 heterocycles. The molecule has 2 rings (SSSR count). The average molecular weight is 554 g/mol. The standard InChI is InChI=1S/C18H18Br4/c1-8-6-13(17(21)15(19)10(8)3)12(5)14-7-9(2)11(4)16(20)18(14)22/h6-7,12H,1-5H3. The molecule has 0 atom stereocenters. The minimum absolute atomic E-state index is 0.287. The number of benzene rings is 2. The summed E-state index contributed by atoms with van der Waals surface area (Å²) in [6.07, 6.45) is 0. The highest BCUT2D eigenvalue weighted by atomic mass is 79.9. The smallest absolute Gasteiger partial charge is 0.0358 e. The van der Waals surface area contributed by atoms with Gasteiger partial charge in [-0.25, -0.2) is 0 Å². The van der Waals surface area contributed by atoms with Gasteiger partial charge in [0.05, 0.1) is 0 Å². The van der Waals surface area contributed by atoms with Crippen molar-refractivity contribution >= 4 is 63.7 Å². The van der Waals surface area contributed by atoms with E-state index in [1.165, 1.54) is 33.4 Å². The van der Waals surface area contributed by atoms with Gasteiger partial charge in [-0.15, -0.1) is 0 Å². The van der Waals surface area contributed by atoms with Gasteiger partial charge in [0, 0.05) is 23.8 Å². The molecular weight excluding hydrogens is 536 g/mol. The molecule has 0 aliphatic heterocycles. The van der Waals surface area contributed by atoms with Gasteiger partial charge in [-0.2, -0.15) is 0 Å².